The molecule has 0 aliphatic heterocycles. The van der Waals surface area contributed by atoms with Gasteiger partial charge in [0.25, 0.3) is 11.6 Å². The Balaban J connectivity index is 1.72. The summed E-state index contributed by atoms with van der Waals surface area (Å²) in [5, 5.41) is 14.2. The number of carbonyl (C=O) groups excluding carboxylic acids is 1. The van der Waals surface area contributed by atoms with E-state index in [9.17, 15) is 14.9 Å². The number of amides is 1. The van der Waals surface area contributed by atoms with Gasteiger partial charge in [-0.1, -0.05) is 71.0 Å². The summed E-state index contributed by atoms with van der Waals surface area (Å²) in [6, 6.07) is 17.5. The number of carbonyl (C=O) groups is 1. The van der Waals surface area contributed by atoms with E-state index >= 15 is 0 Å². The zero-order valence-electron chi connectivity index (χ0n) is 17.2. The molecule has 0 saturated heterocycles. The van der Waals surface area contributed by atoms with Gasteiger partial charge in [0.15, 0.2) is 5.13 Å². The molecular weight excluding hydrogens is 412 g/mol. The SMILES string of the molecule is Cc1ccc(-c2nc(NC(=O)c3cc([N+](=O)[O-])cn3C)sc2-c2ccc(C)cc2)cc1. The highest BCUT2D eigenvalue weighted by Crippen LogP contribution is 2.39. The van der Waals surface area contributed by atoms with Crippen LogP contribution in [0.2, 0.25) is 0 Å². The lowest BCUT2D eigenvalue weighted by molar-refractivity contribution is -0.384. The molecule has 4 rings (SSSR count). The number of anilines is 1. The van der Waals surface area contributed by atoms with Crippen LogP contribution in [0.15, 0.2) is 60.8 Å². The highest BCUT2D eigenvalue weighted by molar-refractivity contribution is 7.19. The molecule has 0 atom stereocenters. The number of rotatable bonds is 5. The van der Waals surface area contributed by atoms with Crippen molar-refractivity contribution in [3.05, 3.63) is 87.7 Å². The summed E-state index contributed by atoms with van der Waals surface area (Å²) in [4.78, 5) is 28.9. The van der Waals surface area contributed by atoms with Gasteiger partial charge in [-0.25, -0.2) is 4.98 Å². The van der Waals surface area contributed by atoms with E-state index in [0.717, 1.165) is 32.8 Å². The predicted octanol–water partition coefficient (Wildman–Crippen LogP) is 5.59. The van der Waals surface area contributed by atoms with Crippen LogP contribution in [-0.4, -0.2) is 20.4 Å². The minimum atomic E-state index is -0.523. The van der Waals surface area contributed by atoms with Gasteiger partial charge < -0.3 is 4.57 Å². The summed E-state index contributed by atoms with van der Waals surface area (Å²) in [5.41, 5.74) is 5.10. The molecule has 0 fully saturated rings. The van der Waals surface area contributed by atoms with Gasteiger partial charge >= 0.3 is 0 Å². The second-order valence-electron chi connectivity index (χ2n) is 7.33. The Morgan fingerprint density at radius 3 is 2.16 bits per heavy atom. The van der Waals surface area contributed by atoms with Crippen LogP contribution in [0.4, 0.5) is 10.8 Å². The largest absolute Gasteiger partial charge is 0.340 e. The van der Waals surface area contributed by atoms with E-state index in [1.807, 2.05) is 62.4 Å². The summed E-state index contributed by atoms with van der Waals surface area (Å²) in [6.45, 7) is 4.05. The molecule has 156 valence electrons. The Labute approximate surface area is 183 Å². The first-order valence-corrected chi connectivity index (χ1v) is 10.4. The van der Waals surface area contributed by atoms with Crippen molar-refractivity contribution >= 4 is 28.1 Å². The normalized spacial score (nSPS) is 10.8. The summed E-state index contributed by atoms with van der Waals surface area (Å²) in [5.74, 6) is -0.449. The van der Waals surface area contributed by atoms with E-state index in [4.69, 9.17) is 0 Å². The lowest BCUT2D eigenvalue weighted by atomic mass is 10.0. The van der Waals surface area contributed by atoms with Crippen LogP contribution in [0, 0.1) is 24.0 Å². The van der Waals surface area contributed by atoms with E-state index in [-0.39, 0.29) is 11.4 Å². The number of benzene rings is 2. The Morgan fingerprint density at radius 1 is 1.03 bits per heavy atom. The van der Waals surface area contributed by atoms with E-state index in [1.165, 1.54) is 28.2 Å². The summed E-state index contributed by atoms with van der Waals surface area (Å²) in [6.07, 6.45) is 1.31. The van der Waals surface area contributed by atoms with Crippen molar-refractivity contribution in [2.75, 3.05) is 5.32 Å². The van der Waals surface area contributed by atoms with Crippen molar-refractivity contribution in [1.29, 1.82) is 0 Å². The molecule has 2 aromatic heterocycles. The molecule has 2 aromatic carbocycles. The third-order valence-corrected chi connectivity index (χ3v) is 5.94. The minimum absolute atomic E-state index is 0.132. The van der Waals surface area contributed by atoms with Crippen molar-refractivity contribution in [3.63, 3.8) is 0 Å². The predicted molar refractivity (Wildman–Crippen MR) is 122 cm³/mol. The standard InChI is InChI=1S/C23H20N4O3S/c1-14-4-8-16(9-5-14)20-21(17-10-6-15(2)7-11-17)31-23(24-20)25-22(28)19-12-18(27(29)30)13-26(19)3/h4-13H,1-3H3,(H,24,25,28). The molecule has 8 heteroatoms. The first-order valence-electron chi connectivity index (χ1n) is 9.59. The lowest BCUT2D eigenvalue weighted by Gasteiger charge is -2.04. The van der Waals surface area contributed by atoms with Crippen LogP contribution >= 0.6 is 11.3 Å². The molecule has 7 nitrogen and oxygen atoms in total. The van der Waals surface area contributed by atoms with Crippen molar-refractivity contribution < 1.29 is 9.72 Å². The van der Waals surface area contributed by atoms with E-state index < -0.39 is 10.8 Å². The van der Waals surface area contributed by atoms with E-state index in [2.05, 4.69) is 10.3 Å². The quantitative estimate of drug-likeness (QED) is 0.329. The molecule has 1 N–H and O–H groups in total. The van der Waals surface area contributed by atoms with Crippen molar-refractivity contribution in [1.82, 2.24) is 9.55 Å². The summed E-state index contributed by atoms with van der Waals surface area (Å²) in [7, 11) is 1.60. The fraction of sp³-hybridized carbons (Fsp3) is 0.130. The molecule has 1 amide bonds. The van der Waals surface area contributed by atoms with Crippen LogP contribution in [-0.2, 0) is 7.05 Å². The van der Waals surface area contributed by atoms with Gasteiger partial charge in [0, 0.05) is 18.7 Å². The molecule has 0 spiro atoms. The van der Waals surface area contributed by atoms with Gasteiger partial charge in [-0.15, -0.1) is 0 Å². The third-order valence-electron chi connectivity index (χ3n) is 4.92. The Kier molecular flexibility index (Phi) is 5.39. The maximum atomic E-state index is 12.8. The molecule has 31 heavy (non-hydrogen) atoms. The van der Waals surface area contributed by atoms with Crippen molar-refractivity contribution in [2.45, 2.75) is 13.8 Å². The Hall–Kier alpha value is -3.78. The second kappa shape index (κ2) is 8.16. The van der Waals surface area contributed by atoms with Crippen LogP contribution in [0.5, 0.6) is 0 Å². The first kappa shape index (κ1) is 20.5. The maximum absolute atomic E-state index is 12.8. The number of hydrogen-bond donors (Lipinski definition) is 1. The molecule has 0 bridgehead atoms. The average Bonchev–Trinajstić information content (AvgIpc) is 3.33. The first-order chi connectivity index (χ1) is 14.8. The fourth-order valence-corrected chi connectivity index (χ4v) is 4.20. The number of aryl methyl sites for hydroxylation is 3. The lowest BCUT2D eigenvalue weighted by Crippen LogP contribution is -2.15. The number of nitrogens with one attached hydrogen (secondary N) is 1. The summed E-state index contributed by atoms with van der Waals surface area (Å²) < 4.78 is 1.43. The second-order valence-corrected chi connectivity index (χ2v) is 8.33. The third kappa shape index (κ3) is 4.24. The van der Waals surface area contributed by atoms with Gasteiger partial charge in [0.2, 0.25) is 0 Å². The average molecular weight is 433 g/mol. The van der Waals surface area contributed by atoms with Crippen LogP contribution in [0.25, 0.3) is 21.7 Å². The number of nitrogens with zero attached hydrogens (tertiary/aromatic N) is 3. The molecule has 0 unspecified atom stereocenters. The summed E-state index contributed by atoms with van der Waals surface area (Å²) >= 11 is 1.37. The number of aromatic nitrogens is 2. The van der Waals surface area contributed by atoms with Gasteiger partial charge in [0.05, 0.1) is 21.7 Å². The number of nitro groups is 1. The zero-order chi connectivity index (χ0) is 22.1. The topological polar surface area (TPSA) is 90.1 Å². The molecule has 0 aliphatic carbocycles. The smallest absolute Gasteiger partial charge is 0.287 e. The highest BCUT2D eigenvalue weighted by Gasteiger charge is 2.21. The van der Waals surface area contributed by atoms with Crippen molar-refractivity contribution in [3.8, 4) is 21.7 Å². The van der Waals surface area contributed by atoms with Crippen molar-refractivity contribution in [2.24, 2.45) is 7.05 Å². The van der Waals surface area contributed by atoms with E-state index in [1.54, 1.807) is 7.05 Å². The van der Waals surface area contributed by atoms with E-state index in [0.29, 0.717) is 5.13 Å². The monoisotopic (exact) mass is 432 g/mol. The highest BCUT2D eigenvalue weighted by atomic mass is 32.1. The number of thiazole rings is 1. The number of hydrogen-bond acceptors (Lipinski definition) is 5. The van der Waals surface area contributed by atoms with Gasteiger partial charge in [-0.3, -0.25) is 20.2 Å². The van der Waals surface area contributed by atoms with Gasteiger partial charge in [0.1, 0.15) is 5.69 Å². The van der Waals surface area contributed by atoms with Crippen LogP contribution in [0.3, 0.4) is 0 Å². The molecule has 0 aliphatic rings. The maximum Gasteiger partial charge on any atom is 0.287 e. The zero-order valence-corrected chi connectivity index (χ0v) is 18.1. The Morgan fingerprint density at radius 2 is 1.61 bits per heavy atom. The molecule has 4 aromatic rings. The van der Waals surface area contributed by atoms with Crippen LogP contribution < -0.4 is 5.32 Å². The van der Waals surface area contributed by atoms with Gasteiger partial charge in [-0.2, -0.15) is 0 Å². The molecule has 0 saturated carbocycles. The molecule has 0 radical (unpaired) electrons. The minimum Gasteiger partial charge on any atom is -0.340 e. The molecule has 2 heterocycles. The Bertz CT molecular complexity index is 1210. The van der Waals surface area contributed by atoms with Gasteiger partial charge in [-0.05, 0) is 19.4 Å². The fourth-order valence-electron chi connectivity index (χ4n) is 3.22. The molecular formula is C23H20N4O3S. The van der Waals surface area contributed by atoms with Crippen LogP contribution in [0.1, 0.15) is 21.6 Å².